The van der Waals surface area contributed by atoms with Gasteiger partial charge in [-0.1, -0.05) is 17.4 Å². The number of carbonyl (C=O) groups excluding carboxylic acids is 3. The number of amides is 1. The predicted octanol–water partition coefficient (Wildman–Crippen LogP) is 3.90. The van der Waals surface area contributed by atoms with Gasteiger partial charge < -0.3 is 24.4 Å². The number of aromatic nitrogens is 1. The van der Waals surface area contributed by atoms with Crippen molar-refractivity contribution in [3.05, 3.63) is 69.2 Å². The summed E-state index contributed by atoms with van der Waals surface area (Å²) < 4.78 is 15.3. The maximum absolute atomic E-state index is 13.4. The van der Waals surface area contributed by atoms with Crippen LogP contribution in [-0.4, -0.2) is 54.2 Å². The molecule has 1 saturated heterocycles. The molecule has 2 N–H and O–H groups in total. The number of Topliss-reactive ketones (excluding diaryl/α,β-unsaturated/α-hetero) is 1. The largest absolute Gasteiger partial charge is 0.507 e. The minimum absolute atomic E-state index is 0.0718. The highest BCUT2D eigenvalue weighted by Crippen LogP contribution is 2.45. The number of aryl methyl sites for hydroxylation is 2. The number of hydrogen-bond acceptors (Lipinski definition) is 10. The Balaban J connectivity index is 1.98. The molecule has 1 unspecified atom stereocenters. The monoisotopic (exact) mass is 524 g/mol. The van der Waals surface area contributed by atoms with Crippen LogP contribution in [0.3, 0.4) is 0 Å². The van der Waals surface area contributed by atoms with Crippen molar-refractivity contribution in [2.24, 2.45) is 0 Å². The first-order valence-electron chi connectivity index (χ1n) is 11.0. The molecule has 1 aliphatic rings. The van der Waals surface area contributed by atoms with Crippen LogP contribution in [0.1, 0.15) is 38.1 Å². The molecular formula is C26H24N2O8S. The molecule has 0 spiro atoms. The molecule has 3 aromatic rings. The smallest absolute Gasteiger partial charge is 0.350 e. The summed E-state index contributed by atoms with van der Waals surface area (Å²) in [7, 11) is 4.10. The van der Waals surface area contributed by atoms with Crippen LogP contribution < -0.4 is 14.4 Å². The van der Waals surface area contributed by atoms with Crippen molar-refractivity contribution in [1.29, 1.82) is 0 Å². The zero-order valence-electron chi connectivity index (χ0n) is 20.7. The molecule has 192 valence electrons. The minimum atomic E-state index is -1.13. The van der Waals surface area contributed by atoms with Gasteiger partial charge in [-0.05, 0) is 55.3 Å². The zero-order valence-corrected chi connectivity index (χ0v) is 21.5. The van der Waals surface area contributed by atoms with E-state index in [9.17, 15) is 24.6 Å². The van der Waals surface area contributed by atoms with E-state index in [0.717, 1.165) is 16.2 Å². The fraction of sp³-hybridized carbons (Fsp3) is 0.231. The van der Waals surface area contributed by atoms with E-state index < -0.39 is 23.7 Å². The van der Waals surface area contributed by atoms with Gasteiger partial charge in [0.25, 0.3) is 5.78 Å². The van der Waals surface area contributed by atoms with Crippen LogP contribution in [0.2, 0.25) is 0 Å². The fourth-order valence-electron chi connectivity index (χ4n) is 4.15. The summed E-state index contributed by atoms with van der Waals surface area (Å²) in [5.74, 6) is -2.37. The van der Waals surface area contributed by atoms with E-state index in [1.807, 2.05) is 0 Å². The topological polar surface area (TPSA) is 135 Å². The lowest BCUT2D eigenvalue weighted by molar-refractivity contribution is -0.132. The van der Waals surface area contributed by atoms with Crippen molar-refractivity contribution in [2.45, 2.75) is 19.9 Å². The lowest BCUT2D eigenvalue weighted by atomic mass is 9.93. The molecule has 2 heterocycles. The van der Waals surface area contributed by atoms with Crippen molar-refractivity contribution in [1.82, 2.24) is 4.98 Å². The Kier molecular flexibility index (Phi) is 6.90. The van der Waals surface area contributed by atoms with Crippen LogP contribution in [0.15, 0.2) is 42.0 Å². The van der Waals surface area contributed by atoms with E-state index in [0.29, 0.717) is 28.1 Å². The molecule has 0 aliphatic carbocycles. The van der Waals surface area contributed by atoms with Gasteiger partial charge in [0.2, 0.25) is 0 Å². The fourth-order valence-corrected chi connectivity index (χ4v) is 5.16. The SMILES string of the molecule is COC(=O)c1sc(N2C(=O)C(=O)C(=C(O)c3ccc(OC)cc3C)C2c2ccc(O)c(OC)c2)nc1C. The van der Waals surface area contributed by atoms with Crippen LogP contribution in [0, 0.1) is 13.8 Å². The highest BCUT2D eigenvalue weighted by molar-refractivity contribution is 7.17. The predicted molar refractivity (Wildman–Crippen MR) is 135 cm³/mol. The number of hydrogen-bond donors (Lipinski definition) is 2. The number of aromatic hydroxyl groups is 1. The number of aliphatic hydroxyl groups is 1. The number of methoxy groups -OCH3 is 3. The Morgan fingerprint density at radius 2 is 1.78 bits per heavy atom. The maximum atomic E-state index is 13.4. The summed E-state index contributed by atoms with van der Waals surface area (Å²) in [5, 5.41) is 21.6. The number of carbonyl (C=O) groups is 3. The highest BCUT2D eigenvalue weighted by Gasteiger charge is 2.48. The highest BCUT2D eigenvalue weighted by atomic mass is 32.1. The molecule has 4 rings (SSSR count). The van der Waals surface area contributed by atoms with Crippen molar-refractivity contribution < 1.29 is 38.8 Å². The average Bonchev–Trinajstić information content (AvgIpc) is 3.39. The van der Waals surface area contributed by atoms with Crippen molar-refractivity contribution in [3.8, 4) is 17.2 Å². The second-order valence-corrected chi connectivity index (χ2v) is 9.16. The quantitative estimate of drug-likeness (QED) is 0.213. The summed E-state index contributed by atoms with van der Waals surface area (Å²) in [6.45, 7) is 3.32. The second-order valence-electron chi connectivity index (χ2n) is 8.18. The third-order valence-corrected chi connectivity index (χ3v) is 7.15. The van der Waals surface area contributed by atoms with Crippen LogP contribution in [-0.2, 0) is 14.3 Å². The molecule has 1 atom stereocenters. The number of ether oxygens (including phenoxy) is 3. The molecule has 11 heteroatoms. The first kappa shape index (κ1) is 25.7. The first-order chi connectivity index (χ1) is 17.6. The van der Waals surface area contributed by atoms with Gasteiger partial charge in [0.15, 0.2) is 16.6 Å². The van der Waals surface area contributed by atoms with E-state index >= 15 is 0 Å². The van der Waals surface area contributed by atoms with Gasteiger partial charge in [-0.2, -0.15) is 0 Å². The lowest BCUT2D eigenvalue weighted by Gasteiger charge is -2.23. The molecule has 1 amide bonds. The van der Waals surface area contributed by atoms with Crippen molar-refractivity contribution in [2.75, 3.05) is 26.2 Å². The number of rotatable bonds is 6. The summed E-state index contributed by atoms with van der Waals surface area (Å²) in [6.07, 6.45) is 0. The first-order valence-corrected chi connectivity index (χ1v) is 11.8. The van der Waals surface area contributed by atoms with Crippen LogP contribution in [0.4, 0.5) is 5.13 Å². The van der Waals surface area contributed by atoms with Gasteiger partial charge in [0.1, 0.15) is 16.4 Å². The summed E-state index contributed by atoms with van der Waals surface area (Å²) in [5.41, 5.74) is 1.46. The molecule has 10 nitrogen and oxygen atoms in total. The van der Waals surface area contributed by atoms with Gasteiger partial charge in [-0.3, -0.25) is 14.5 Å². The Bertz CT molecular complexity index is 1460. The molecule has 1 fully saturated rings. The van der Waals surface area contributed by atoms with Gasteiger partial charge in [-0.25, -0.2) is 9.78 Å². The number of ketones is 1. The molecule has 1 aliphatic heterocycles. The van der Waals surface area contributed by atoms with Gasteiger partial charge >= 0.3 is 11.9 Å². The molecular weight excluding hydrogens is 500 g/mol. The van der Waals surface area contributed by atoms with Gasteiger partial charge in [0.05, 0.1) is 38.6 Å². The number of phenols is 1. The molecule has 0 bridgehead atoms. The summed E-state index contributed by atoms with van der Waals surface area (Å²) >= 11 is 0.890. The van der Waals surface area contributed by atoms with Gasteiger partial charge in [0, 0.05) is 5.56 Å². The standard InChI is InChI=1S/C26H24N2O8S/c1-12-10-15(34-3)7-8-16(12)21(30)19-20(14-6-9-17(29)18(11-14)35-4)28(24(32)22(19)31)26-27-13(2)23(37-26)25(33)36-5/h6-11,20,29-30H,1-5H3. The van der Waals surface area contributed by atoms with Crippen LogP contribution in [0.5, 0.6) is 17.2 Å². The summed E-state index contributed by atoms with van der Waals surface area (Å²) in [4.78, 5) is 44.6. The molecule has 0 radical (unpaired) electrons. The Hall–Kier alpha value is -4.38. The Morgan fingerprint density at radius 1 is 1.05 bits per heavy atom. The van der Waals surface area contributed by atoms with E-state index in [-0.39, 0.29) is 32.8 Å². The van der Waals surface area contributed by atoms with Crippen LogP contribution in [0.25, 0.3) is 5.76 Å². The second kappa shape index (κ2) is 9.94. The maximum Gasteiger partial charge on any atom is 0.350 e. The molecule has 1 aromatic heterocycles. The summed E-state index contributed by atoms with van der Waals surface area (Å²) in [6, 6.07) is 8.12. The van der Waals surface area contributed by atoms with Crippen LogP contribution >= 0.6 is 11.3 Å². The Morgan fingerprint density at radius 3 is 2.41 bits per heavy atom. The molecule has 37 heavy (non-hydrogen) atoms. The Labute approximate surface area is 216 Å². The number of aliphatic hydroxyl groups excluding tert-OH is 1. The number of nitrogens with zero attached hydrogens (tertiary/aromatic N) is 2. The lowest BCUT2D eigenvalue weighted by Crippen LogP contribution is -2.29. The minimum Gasteiger partial charge on any atom is -0.507 e. The average molecular weight is 525 g/mol. The number of benzene rings is 2. The van der Waals surface area contributed by atoms with Gasteiger partial charge in [-0.15, -0.1) is 0 Å². The van der Waals surface area contributed by atoms with E-state index in [2.05, 4.69) is 4.98 Å². The van der Waals surface area contributed by atoms with E-state index in [4.69, 9.17) is 14.2 Å². The number of anilines is 1. The number of esters is 1. The van der Waals surface area contributed by atoms with Crippen molar-refractivity contribution in [3.63, 3.8) is 0 Å². The molecule has 0 saturated carbocycles. The van der Waals surface area contributed by atoms with E-state index in [1.54, 1.807) is 32.0 Å². The number of thiazole rings is 1. The third-order valence-electron chi connectivity index (χ3n) is 6.01. The third kappa shape index (κ3) is 4.38. The zero-order chi connectivity index (χ0) is 27.0. The normalized spacial score (nSPS) is 16.7. The van der Waals surface area contributed by atoms with E-state index in [1.165, 1.54) is 39.5 Å². The number of phenolic OH excluding ortho intramolecular Hbond substituents is 1. The molecule has 2 aromatic carbocycles. The van der Waals surface area contributed by atoms with Crippen molar-refractivity contribution >= 4 is 39.9 Å².